The van der Waals surface area contributed by atoms with Gasteiger partial charge in [0.2, 0.25) is 0 Å². The van der Waals surface area contributed by atoms with Crippen LogP contribution < -0.4 is 4.74 Å². The maximum Gasteiger partial charge on any atom is 0.354 e. The summed E-state index contributed by atoms with van der Waals surface area (Å²) in [5.41, 5.74) is 0.561. The van der Waals surface area contributed by atoms with Gasteiger partial charge in [-0.2, -0.15) is 0 Å². The molecule has 1 aromatic heterocycles. The van der Waals surface area contributed by atoms with E-state index < -0.39 is 5.97 Å². The van der Waals surface area contributed by atoms with E-state index >= 15 is 0 Å². The second-order valence-corrected chi connectivity index (χ2v) is 3.87. The van der Waals surface area contributed by atoms with E-state index in [1.54, 1.807) is 24.3 Å². The number of hydrogen-bond donors (Lipinski definition) is 1. The molecule has 0 aliphatic rings. The minimum Gasteiger partial charge on any atom is -0.477 e. The first kappa shape index (κ1) is 12.8. The van der Waals surface area contributed by atoms with Gasteiger partial charge in [0, 0.05) is 5.56 Å². The molecule has 2 aromatic rings. The van der Waals surface area contributed by atoms with Gasteiger partial charge in [-0.05, 0) is 43.3 Å². The number of carbonyl (C=O) groups is 2. The van der Waals surface area contributed by atoms with Gasteiger partial charge in [-0.1, -0.05) is 0 Å². The quantitative estimate of drug-likeness (QED) is 0.852. The molecule has 19 heavy (non-hydrogen) atoms. The van der Waals surface area contributed by atoms with Gasteiger partial charge in [-0.15, -0.1) is 0 Å². The molecule has 0 atom stereocenters. The summed E-state index contributed by atoms with van der Waals surface area (Å²) in [4.78, 5) is 25.5. The van der Waals surface area contributed by atoms with Gasteiger partial charge in [0.05, 0.1) is 6.20 Å². The molecule has 0 spiro atoms. The monoisotopic (exact) mass is 257 g/mol. The van der Waals surface area contributed by atoms with E-state index in [1.807, 2.05) is 0 Å². The number of aromatic nitrogens is 1. The summed E-state index contributed by atoms with van der Waals surface area (Å²) < 4.78 is 5.48. The molecule has 0 aliphatic heterocycles. The summed E-state index contributed by atoms with van der Waals surface area (Å²) in [6.45, 7) is 1.49. The van der Waals surface area contributed by atoms with Crippen molar-refractivity contribution in [2.45, 2.75) is 6.92 Å². The molecule has 1 heterocycles. The summed E-state index contributed by atoms with van der Waals surface area (Å²) in [5.74, 6) is -0.119. The smallest absolute Gasteiger partial charge is 0.354 e. The van der Waals surface area contributed by atoms with Crippen LogP contribution in [0, 0.1) is 0 Å². The fourth-order valence-corrected chi connectivity index (χ4v) is 1.46. The maximum atomic E-state index is 11.1. The summed E-state index contributed by atoms with van der Waals surface area (Å²) in [7, 11) is 0. The first-order valence-electron chi connectivity index (χ1n) is 5.54. The number of aromatic carboxylic acids is 1. The molecule has 1 N–H and O–H groups in total. The first-order chi connectivity index (χ1) is 9.06. The first-order valence-corrected chi connectivity index (χ1v) is 5.54. The lowest BCUT2D eigenvalue weighted by atomic mass is 10.1. The Morgan fingerprint density at radius 3 is 2.16 bits per heavy atom. The predicted molar refractivity (Wildman–Crippen MR) is 67.7 cm³/mol. The lowest BCUT2D eigenvalue weighted by molar-refractivity contribution is 0.0690. The topological polar surface area (TPSA) is 76.5 Å². The lowest BCUT2D eigenvalue weighted by Crippen LogP contribution is -1.99. The fourth-order valence-electron chi connectivity index (χ4n) is 1.46. The Morgan fingerprint density at radius 2 is 1.68 bits per heavy atom. The van der Waals surface area contributed by atoms with Crippen molar-refractivity contribution in [3.63, 3.8) is 0 Å². The zero-order valence-corrected chi connectivity index (χ0v) is 10.2. The Bertz CT molecular complexity index is 547. The Hall–Kier alpha value is -2.69. The molecule has 0 unspecified atom stereocenters. The molecular weight excluding hydrogens is 246 g/mol. The van der Waals surface area contributed by atoms with Crippen molar-refractivity contribution in [2.24, 2.45) is 0 Å². The molecule has 0 fully saturated rings. The van der Waals surface area contributed by atoms with Crippen LogP contribution in [0.4, 0.5) is 0 Å². The van der Waals surface area contributed by atoms with Crippen LogP contribution >= 0.6 is 0 Å². The van der Waals surface area contributed by atoms with Crippen molar-refractivity contribution in [3.05, 3.63) is 53.9 Å². The molecule has 5 nitrogen and oxygen atoms in total. The van der Waals surface area contributed by atoms with E-state index in [1.165, 1.54) is 25.3 Å². The van der Waals surface area contributed by atoms with Gasteiger partial charge in [-0.3, -0.25) is 4.79 Å². The molecule has 0 saturated heterocycles. The lowest BCUT2D eigenvalue weighted by Gasteiger charge is -2.05. The number of pyridine rings is 1. The van der Waals surface area contributed by atoms with Crippen LogP contribution in [-0.2, 0) is 0 Å². The number of ketones is 1. The van der Waals surface area contributed by atoms with E-state index in [9.17, 15) is 9.59 Å². The third-order valence-corrected chi connectivity index (χ3v) is 2.45. The summed E-state index contributed by atoms with van der Waals surface area (Å²) in [5, 5.41) is 8.71. The molecule has 2 rings (SSSR count). The van der Waals surface area contributed by atoms with Crippen molar-refractivity contribution < 1.29 is 19.4 Å². The van der Waals surface area contributed by atoms with Crippen molar-refractivity contribution in [3.8, 4) is 11.5 Å². The highest BCUT2D eigenvalue weighted by Crippen LogP contribution is 2.21. The number of benzene rings is 1. The molecule has 0 amide bonds. The number of rotatable bonds is 4. The predicted octanol–water partition coefficient (Wildman–Crippen LogP) is 2.77. The molecule has 0 saturated carbocycles. The van der Waals surface area contributed by atoms with E-state index in [4.69, 9.17) is 9.84 Å². The normalized spacial score (nSPS) is 9.95. The Morgan fingerprint density at radius 1 is 1.05 bits per heavy atom. The highest BCUT2D eigenvalue weighted by Gasteiger charge is 2.05. The largest absolute Gasteiger partial charge is 0.477 e. The molecule has 1 aromatic carbocycles. The molecule has 0 bridgehead atoms. The maximum absolute atomic E-state index is 11.1. The van der Waals surface area contributed by atoms with Crippen LogP contribution in [0.3, 0.4) is 0 Å². The Kier molecular flexibility index (Phi) is 3.56. The minimum absolute atomic E-state index is 0.0148. The zero-order chi connectivity index (χ0) is 13.8. The number of carboxylic acids is 1. The van der Waals surface area contributed by atoms with E-state index in [2.05, 4.69) is 4.98 Å². The van der Waals surface area contributed by atoms with Crippen molar-refractivity contribution in [1.82, 2.24) is 4.98 Å². The Balaban J connectivity index is 2.12. The summed E-state index contributed by atoms with van der Waals surface area (Å²) in [6, 6.07) is 9.55. The van der Waals surface area contributed by atoms with Crippen molar-refractivity contribution in [2.75, 3.05) is 0 Å². The van der Waals surface area contributed by atoms with Gasteiger partial charge in [0.25, 0.3) is 0 Å². The van der Waals surface area contributed by atoms with Crippen LogP contribution in [0.25, 0.3) is 0 Å². The second kappa shape index (κ2) is 5.30. The summed E-state index contributed by atoms with van der Waals surface area (Å²) >= 11 is 0. The van der Waals surface area contributed by atoms with Crippen LogP contribution in [-0.4, -0.2) is 21.8 Å². The van der Waals surface area contributed by atoms with Crippen LogP contribution in [0.15, 0.2) is 42.6 Å². The third kappa shape index (κ3) is 3.16. The average Bonchev–Trinajstić information content (AvgIpc) is 2.40. The summed E-state index contributed by atoms with van der Waals surface area (Å²) in [6.07, 6.45) is 1.34. The zero-order valence-electron chi connectivity index (χ0n) is 10.2. The molecule has 5 heteroatoms. The second-order valence-electron chi connectivity index (χ2n) is 3.87. The van der Waals surface area contributed by atoms with E-state index in [0.717, 1.165) is 0 Å². The molecule has 96 valence electrons. The Labute approximate surface area is 109 Å². The number of ether oxygens (including phenoxy) is 1. The van der Waals surface area contributed by atoms with Gasteiger partial charge in [0.15, 0.2) is 5.78 Å². The highest BCUT2D eigenvalue weighted by molar-refractivity contribution is 5.94. The van der Waals surface area contributed by atoms with Crippen LogP contribution in [0.2, 0.25) is 0 Å². The number of carbonyl (C=O) groups excluding carboxylic acids is 1. The van der Waals surface area contributed by atoms with Gasteiger partial charge in [0.1, 0.15) is 17.2 Å². The standard InChI is InChI=1S/C14H11NO4/c1-9(16)10-2-4-11(5-3-10)19-12-6-7-13(14(17)18)15-8-12/h2-8H,1H3,(H,17,18). The number of Topliss-reactive ketones (excluding diaryl/α,β-unsaturated/α-hetero) is 1. The van der Waals surface area contributed by atoms with Gasteiger partial charge in [-0.25, -0.2) is 9.78 Å². The molecule has 0 radical (unpaired) electrons. The van der Waals surface area contributed by atoms with E-state index in [-0.39, 0.29) is 11.5 Å². The fraction of sp³-hybridized carbons (Fsp3) is 0.0714. The number of hydrogen-bond acceptors (Lipinski definition) is 4. The van der Waals surface area contributed by atoms with Gasteiger partial charge < -0.3 is 9.84 Å². The highest BCUT2D eigenvalue weighted by atomic mass is 16.5. The SMILES string of the molecule is CC(=O)c1ccc(Oc2ccc(C(=O)O)nc2)cc1. The third-order valence-electron chi connectivity index (χ3n) is 2.45. The molecular formula is C14H11NO4. The van der Waals surface area contributed by atoms with Crippen LogP contribution in [0.5, 0.6) is 11.5 Å². The number of carboxylic acid groups (broad SMARTS) is 1. The van der Waals surface area contributed by atoms with E-state index in [0.29, 0.717) is 17.1 Å². The minimum atomic E-state index is -1.09. The van der Waals surface area contributed by atoms with Crippen LogP contribution in [0.1, 0.15) is 27.8 Å². The van der Waals surface area contributed by atoms with Gasteiger partial charge >= 0.3 is 5.97 Å². The number of nitrogens with zero attached hydrogens (tertiary/aromatic N) is 1. The van der Waals surface area contributed by atoms with Crippen molar-refractivity contribution in [1.29, 1.82) is 0 Å². The average molecular weight is 257 g/mol. The molecule has 0 aliphatic carbocycles. The van der Waals surface area contributed by atoms with Crippen molar-refractivity contribution >= 4 is 11.8 Å².